The van der Waals surface area contributed by atoms with Gasteiger partial charge in [0.1, 0.15) is 0 Å². The fraction of sp³-hybridized carbons (Fsp3) is 1.00. The molecule has 0 heterocycles. The van der Waals surface area contributed by atoms with Crippen LogP contribution >= 0.6 is 0 Å². The van der Waals surface area contributed by atoms with Crippen molar-refractivity contribution in [1.29, 1.82) is 0 Å². The van der Waals surface area contributed by atoms with Crippen LogP contribution in [0.15, 0.2) is 0 Å². The van der Waals surface area contributed by atoms with Gasteiger partial charge in [0.05, 0.1) is 0 Å². The van der Waals surface area contributed by atoms with Crippen LogP contribution in [0.4, 0.5) is 0 Å². The predicted octanol–water partition coefficient (Wildman–Crippen LogP) is 3.67. The van der Waals surface area contributed by atoms with Crippen LogP contribution in [0.25, 0.3) is 0 Å². The van der Waals surface area contributed by atoms with E-state index in [0.29, 0.717) is 0 Å². The Morgan fingerprint density at radius 3 is 1.44 bits per heavy atom. The van der Waals surface area contributed by atoms with Gasteiger partial charge in [-0.15, -0.1) is 0 Å². The van der Waals surface area contributed by atoms with Crippen LogP contribution in [0.3, 0.4) is 0 Å². The average molecular weight is 351 g/mol. The van der Waals surface area contributed by atoms with E-state index in [1.165, 1.54) is 43.1 Å². The van der Waals surface area contributed by atoms with Crippen LogP contribution in [0.1, 0.15) is 59.3 Å². The number of hydrogen-bond donors (Lipinski definition) is 0. The van der Waals surface area contributed by atoms with Crippen LogP contribution in [0.5, 0.6) is 0 Å². The van der Waals surface area contributed by atoms with Crippen molar-refractivity contribution in [2.24, 2.45) is 0 Å². The maximum absolute atomic E-state index is 5.73. The average Bonchev–Trinajstić information content (AvgIpc) is 2.31. The summed E-state index contributed by atoms with van der Waals surface area (Å²) in [6, 6.07) is 0. The molecule has 0 aromatic carbocycles. The summed E-state index contributed by atoms with van der Waals surface area (Å²) in [5, 5.41) is 0. The number of unbranched alkanes of at least 4 members (excludes halogenated alkanes) is 3. The van der Waals surface area contributed by atoms with Crippen molar-refractivity contribution in [1.82, 2.24) is 0 Å². The van der Waals surface area contributed by atoms with Crippen LogP contribution < -0.4 is 0 Å². The topological polar surface area (TPSA) is 9.23 Å². The summed E-state index contributed by atoms with van der Waals surface area (Å²) in [5.74, 6) is 0. The Labute approximate surface area is 110 Å². The second kappa shape index (κ2) is 11.1. The first-order valence-electron chi connectivity index (χ1n) is 7.23. The van der Waals surface area contributed by atoms with E-state index in [2.05, 4.69) is 20.8 Å². The van der Waals surface area contributed by atoms with Gasteiger partial charge >= 0.3 is 111 Å². The summed E-state index contributed by atoms with van der Waals surface area (Å²) in [6.45, 7) is 6.99. The normalized spacial score (nSPS) is 12.2. The molecule has 0 radical (unpaired) electrons. The molecule has 0 aromatic heterocycles. The summed E-state index contributed by atoms with van der Waals surface area (Å²) >= 11 is -1.85. The molecule has 0 aliphatic heterocycles. The first-order valence-corrected chi connectivity index (χ1v) is 16.1. The minimum atomic E-state index is -1.85. The SMILES string of the molecule is CCC[CH2][Sn]([CH2]CCC)([CH2]CCC)[CH2]O[SiH3]. The van der Waals surface area contributed by atoms with Crippen molar-refractivity contribution in [3.8, 4) is 0 Å². The standard InChI is InChI=1S/3C4H9.CH5OSi.Sn/c3*1-3-4-2;1-2-3;/h3*1,3-4H2,2H3;1H2,3H3;. The Kier molecular flexibility index (Phi) is 11.8. The van der Waals surface area contributed by atoms with Crippen molar-refractivity contribution in [2.75, 3.05) is 4.62 Å². The van der Waals surface area contributed by atoms with E-state index in [1.807, 2.05) is 0 Å². The van der Waals surface area contributed by atoms with Gasteiger partial charge in [-0.1, -0.05) is 0 Å². The molecule has 0 aliphatic carbocycles. The molecule has 0 unspecified atom stereocenters. The van der Waals surface area contributed by atoms with E-state index in [0.717, 1.165) is 10.5 Å². The summed E-state index contributed by atoms with van der Waals surface area (Å²) in [6.07, 6.45) is 8.52. The Hall–Kier alpha value is 0.976. The van der Waals surface area contributed by atoms with E-state index in [-0.39, 0.29) is 0 Å². The number of rotatable bonds is 11. The quantitative estimate of drug-likeness (QED) is 0.516. The second-order valence-electron chi connectivity index (χ2n) is 5.24. The third-order valence-electron chi connectivity index (χ3n) is 3.63. The fourth-order valence-corrected chi connectivity index (χ4v) is 21.2. The molecule has 0 N–H and O–H groups in total. The van der Waals surface area contributed by atoms with Gasteiger partial charge in [-0.3, -0.25) is 0 Å². The fourth-order valence-electron chi connectivity index (χ4n) is 2.55. The van der Waals surface area contributed by atoms with Gasteiger partial charge in [0, 0.05) is 0 Å². The van der Waals surface area contributed by atoms with E-state index in [9.17, 15) is 0 Å². The summed E-state index contributed by atoms with van der Waals surface area (Å²) in [7, 11) is 0.948. The third-order valence-corrected chi connectivity index (χ3v) is 20.2. The van der Waals surface area contributed by atoms with Gasteiger partial charge in [-0.2, -0.15) is 0 Å². The Balaban J connectivity index is 4.32. The second-order valence-corrected chi connectivity index (χ2v) is 19.5. The maximum atomic E-state index is 5.73. The van der Waals surface area contributed by atoms with Crippen LogP contribution in [0.2, 0.25) is 13.3 Å². The molecule has 0 aliphatic rings. The molecule has 0 saturated carbocycles. The predicted molar refractivity (Wildman–Crippen MR) is 80.8 cm³/mol. The van der Waals surface area contributed by atoms with Crippen molar-refractivity contribution in [2.45, 2.75) is 72.6 Å². The molecule has 0 aromatic rings. The third kappa shape index (κ3) is 7.33. The Bertz CT molecular complexity index is 131. The Morgan fingerprint density at radius 1 is 0.812 bits per heavy atom. The minimum absolute atomic E-state index is 0.948. The monoisotopic (exact) mass is 352 g/mol. The summed E-state index contributed by atoms with van der Waals surface area (Å²) < 4.78 is 11.7. The number of hydrogen-bond acceptors (Lipinski definition) is 1. The molecule has 0 fully saturated rings. The molecule has 0 spiro atoms. The van der Waals surface area contributed by atoms with Gasteiger partial charge in [-0.05, 0) is 0 Å². The van der Waals surface area contributed by atoms with E-state index in [4.69, 9.17) is 4.43 Å². The molecule has 3 heteroatoms. The van der Waals surface area contributed by atoms with E-state index in [1.54, 1.807) is 13.3 Å². The molecule has 0 rings (SSSR count). The van der Waals surface area contributed by atoms with E-state index < -0.39 is 18.4 Å². The molecule has 0 atom stereocenters. The molecule has 98 valence electrons. The van der Waals surface area contributed by atoms with Crippen molar-refractivity contribution in [3.05, 3.63) is 0 Å². The first kappa shape index (κ1) is 17.0. The van der Waals surface area contributed by atoms with Crippen LogP contribution in [-0.2, 0) is 4.43 Å². The van der Waals surface area contributed by atoms with Crippen molar-refractivity contribution < 1.29 is 4.43 Å². The summed E-state index contributed by atoms with van der Waals surface area (Å²) in [4.78, 5) is 0. The van der Waals surface area contributed by atoms with Crippen LogP contribution in [0, 0.1) is 0 Å². The van der Waals surface area contributed by atoms with Gasteiger partial charge in [-0.25, -0.2) is 0 Å². The molecule has 0 bridgehead atoms. The van der Waals surface area contributed by atoms with Crippen molar-refractivity contribution >= 4 is 28.9 Å². The molecule has 16 heavy (non-hydrogen) atoms. The molecule has 0 saturated heterocycles. The van der Waals surface area contributed by atoms with Gasteiger partial charge < -0.3 is 0 Å². The van der Waals surface area contributed by atoms with E-state index >= 15 is 0 Å². The molecule has 0 amide bonds. The molecular formula is C13H32OSiSn. The summed E-state index contributed by atoms with van der Waals surface area (Å²) in [5.41, 5.74) is 0. The van der Waals surface area contributed by atoms with Gasteiger partial charge in [0.2, 0.25) is 0 Å². The zero-order valence-corrected chi connectivity index (χ0v) is 16.8. The van der Waals surface area contributed by atoms with Crippen LogP contribution in [-0.4, -0.2) is 33.5 Å². The van der Waals surface area contributed by atoms with Gasteiger partial charge in [0.25, 0.3) is 0 Å². The zero-order chi connectivity index (χ0) is 12.3. The zero-order valence-electron chi connectivity index (χ0n) is 12.0. The molecule has 1 nitrogen and oxygen atoms in total. The molecular weight excluding hydrogens is 319 g/mol. The Morgan fingerprint density at radius 2 is 1.19 bits per heavy atom. The first-order chi connectivity index (χ1) is 7.74. The van der Waals surface area contributed by atoms with Gasteiger partial charge in [0.15, 0.2) is 0 Å². The van der Waals surface area contributed by atoms with Crippen molar-refractivity contribution in [3.63, 3.8) is 0 Å².